The molecule has 3 aromatic rings. The normalized spacial score (nSPS) is 17.8. The van der Waals surface area contributed by atoms with Crippen molar-refractivity contribution in [3.63, 3.8) is 0 Å². The Morgan fingerprint density at radius 3 is 2.74 bits per heavy atom. The Morgan fingerprint density at radius 2 is 1.94 bits per heavy atom. The van der Waals surface area contributed by atoms with Gasteiger partial charge in [0.05, 0.1) is 11.3 Å². The number of H-pyrrole nitrogens is 1. The fourth-order valence-corrected chi connectivity index (χ4v) is 4.54. The van der Waals surface area contributed by atoms with Crippen molar-refractivity contribution >= 4 is 34.3 Å². The number of ether oxygens (including phenoxy) is 1. The number of alkyl halides is 3. The second-order valence-electron chi connectivity index (χ2n) is 8.50. The van der Waals surface area contributed by atoms with Crippen LogP contribution >= 0.6 is 0 Å². The second kappa shape index (κ2) is 8.64. The Balaban J connectivity index is 1.26. The van der Waals surface area contributed by atoms with Gasteiger partial charge in [-0.05, 0) is 36.8 Å². The van der Waals surface area contributed by atoms with Crippen molar-refractivity contribution in [2.24, 2.45) is 0 Å². The van der Waals surface area contributed by atoms with E-state index in [0.29, 0.717) is 35.1 Å². The van der Waals surface area contributed by atoms with Crippen molar-refractivity contribution in [1.29, 1.82) is 0 Å². The molecule has 2 aliphatic heterocycles. The lowest BCUT2D eigenvalue weighted by Crippen LogP contribution is -2.42. The molecule has 35 heavy (non-hydrogen) atoms. The Morgan fingerprint density at radius 1 is 1.14 bits per heavy atom. The molecule has 1 aromatic heterocycles. The van der Waals surface area contributed by atoms with Crippen molar-refractivity contribution < 1.29 is 32.3 Å². The minimum Gasteiger partial charge on any atom is -0.406 e. The van der Waals surface area contributed by atoms with E-state index in [1.165, 1.54) is 18.2 Å². The van der Waals surface area contributed by atoms with E-state index in [0.717, 1.165) is 11.3 Å². The van der Waals surface area contributed by atoms with Gasteiger partial charge >= 0.3 is 6.36 Å². The van der Waals surface area contributed by atoms with Gasteiger partial charge in [0, 0.05) is 48.1 Å². The summed E-state index contributed by atoms with van der Waals surface area (Å²) in [6.45, 7) is 0.650. The van der Waals surface area contributed by atoms with Crippen LogP contribution in [0.1, 0.15) is 34.5 Å². The highest BCUT2D eigenvalue weighted by Crippen LogP contribution is 2.32. The molecule has 11 heteroatoms. The molecule has 0 fully saturated rings. The van der Waals surface area contributed by atoms with Crippen molar-refractivity contribution in [1.82, 2.24) is 15.2 Å². The Hall–Kier alpha value is -4.02. The number of benzene rings is 2. The van der Waals surface area contributed by atoms with Gasteiger partial charge in [-0.3, -0.25) is 14.4 Å². The molecule has 0 aliphatic carbocycles. The molecule has 1 atom stereocenters. The fourth-order valence-electron chi connectivity index (χ4n) is 4.54. The van der Waals surface area contributed by atoms with E-state index in [2.05, 4.69) is 20.4 Å². The molecule has 5 rings (SSSR count). The Bertz CT molecular complexity index is 1330. The Kier molecular flexibility index (Phi) is 5.62. The number of nitrogens with zero attached hydrogens (tertiary/aromatic N) is 1. The molecule has 3 amide bonds. The van der Waals surface area contributed by atoms with Crippen LogP contribution in [0.25, 0.3) is 10.9 Å². The van der Waals surface area contributed by atoms with Crippen LogP contribution in [-0.4, -0.2) is 46.6 Å². The number of aromatic amines is 1. The van der Waals surface area contributed by atoms with E-state index >= 15 is 0 Å². The zero-order chi connectivity index (χ0) is 24.7. The van der Waals surface area contributed by atoms with E-state index < -0.39 is 24.2 Å². The Labute approximate surface area is 197 Å². The van der Waals surface area contributed by atoms with Crippen molar-refractivity contribution in [2.45, 2.75) is 38.2 Å². The average Bonchev–Trinajstić information content (AvgIpc) is 3.11. The maximum Gasteiger partial charge on any atom is 0.573 e. The zero-order valence-electron chi connectivity index (χ0n) is 18.4. The highest BCUT2D eigenvalue weighted by Gasteiger charge is 2.32. The number of rotatable bonds is 4. The van der Waals surface area contributed by atoms with Crippen LogP contribution in [0.3, 0.4) is 0 Å². The van der Waals surface area contributed by atoms with Crippen molar-refractivity contribution in [2.75, 3.05) is 11.9 Å². The summed E-state index contributed by atoms with van der Waals surface area (Å²) in [5.74, 6) is -1.33. The summed E-state index contributed by atoms with van der Waals surface area (Å²) in [7, 11) is 0. The third kappa shape index (κ3) is 4.66. The zero-order valence-corrected chi connectivity index (χ0v) is 18.4. The molecule has 0 saturated carbocycles. The molecule has 0 bridgehead atoms. The quantitative estimate of drug-likeness (QED) is 0.525. The molecule has 3 heterocycles. The number of carbonyl (C=O) groups excluding carboxylic acids is 3. The first-order valence-corrected chi connectivity index (χ1v) is 11.1. The number of anilines is 1. The van der Waals surface area contributed by atoms with E-state index in [1.54, 1.807) is 29.2 Å². The molecule has 0 saturated heterocycles. The first kappa shape index (κ1) is 22.8. The first-order valence-electron chi connectivity index (χ1n) is 11.1. The van der Waals surface area contributed by atoms with Crippen molar-refractivity contribution in [3.8, 4) is 5.75 Å². The van der Waals surface area contributed by atoms with E-state index in [1.807, 2.05) is 0 Å². The van der Waals surface area contributed by atoms with Gasteiger partial charge in [-0.2, -0.15) is 0 Å². The molecule has 3 N–H and O–H groups in total. The van der Waals surface area contributed by atoms with Gasteiger partial charge < -0.3 is 25.3 Å². The van der Waals surface area contributed by atoms with Gasteiger partial charge in [-0.1, -0.05) is 12.1 Å². The lowest BCUT2D eigenvalue weighted by molar-refractivity contribution is -0.274. The summed E-state index contributed by atoms with van der Waals surface area (Å²) in [5, 5.41) is 5.95. The molecular weight excluding hydrogens is 465 g/mol. The molecule has 0 radical (unpaired) electrons. The average molecular weight is 486 g/mol. The summed E-state index contributed by atoms with van der Waals surface area (Å²) < 4.78 is 41.9. The predicted molar refractivity (Wildman–Crippen MR) is 120 cm³/mol. The summed E-state index contributed by atoms with van der Waals surface area (Å²) in [4.78, 5) is 42.8. The van der Waals surface area contributed by atoms with Crippen LogP contribution in [0.2, 0.25) is 0 Å². The SMILES string of the molecule is O=C1N[C@@H](CCC(=O)N2CCc3[nH]c4ccc(OC(F)(F)F)cc4c3C2)C(=O)Nc2ccccc21. The number of nitrogens with one attached hydrogen (secondary N) is 3. The minimum absolute atomic E-state index is 0.0227. The second-order valence-corrected chi connectivity index (χ2v) is 8.50. The van der Waals surface area contributed by atoms with E-state index in [-0.39, 0.29) is 31.0 Å². The maximum atomic E-state index is 13.0. The van der Waals surface area contributed by atoms with E-state index in [9.17, 15) is 27.6 Å². The number of para-hydroxylation sites is 1. The van der Waals surface area contributed by atoms with Crippen LogP contribution in [0.15, 0.2) is 42.5 Å². The van der Waals surface area contributed by atoms with Gasteiger partial charge in [0.15, 0.2) is 0 Å². The van der Waals surface area contributed by atoms with Crippen LogP contribution in [0.4, 0.5) is 18.9 Å². The summed E-state index contributed by atoms with van der Waals surface area (Å²) >= 11 is 0. The fraction of sp³-hybridized carbons (Fsp3) is 0.292. The first-order chi connectivity index (χ1) is 16.7. The van der Waals surface area contributed by atoms with Crippen LogP contribution in [0, 0.1) is 0 Å². The standard InChI is InChI=1S/C24H21F3N4O4/c25-24(26,27)35-13-5-6-18-15(11-13)16-12-31(10-9-19(16)28-18)21(32)8-7-20-23(34)29-17-4-2-1-3-14(17)22(33)30-20/h1-6,11,20,28H,7-10,12H2,(H,29,34)(H,30,33)/t20-/m0/s1. The van der Waals surface area contributed by atoms with Crippen LogP contribution in [-0.2, 0) is 22.6 Å². The monoisotopic (exact) mass is 486 g/mol. The van der Waals surface area contributed by atoms with Gasteiger partial charge in [0.25, 0.3) is 5.91 Å². The number of aromatic nitrogens is 1. The molecule has 2 aliphatic rings. The van der Waals surface area contributed by atoms with Crippen LogP contribution < -0.4 is 15.4 Å². The minimum atomic E-state index is -4.80. The summed E-state index contributed by atoms with van der Waals surface area (Å²) in [6, 6.07) is 9.86. The predicted octanol–water partition coefficient (Wildman–Crippen LogP) is 3.48. The highest BCUT2D eigenvalue weighted by atomic mass is 19.4. The smallest absolute Gasteiger partial charge is 0.406 e. The number of fused-ring (bicyclic) bond motifs is 4. The summed E-state index contributed by atoms with van der Waals surface area (Å²) in [6.07, 6.45) is -4.14. The molecule has 2 aromatic carbocycles. The maximum absolute atomic E-state index is 13.0. The van der Waals surface area contributed by atoms with Gasteiger partial charge in [0.1, 0.15) is 11.8 Å². The van der Waals surface area contributed by atoms with Crippen LogP contribution in [0.5, 0.6) is 5.75 Å². The largest absolute Gasteiger partial charge is 0.573 e. The number of hydrogen-bond donors (Lipinski definition) is 3. The number of halogens is 3. The molecule has 182 valence electrons. The summed E-state index contributed by atoms with van der Waals surface area (Å²) in [5.41, 5.74) is 3.04. The third-order valence-corrected chi connectivity index (χ3v) is 6.23. The van der Waals surface area contributed by atoms with E-state index in [4.69, 9.17) is 0 Å². The molecular formula is C24H21F3N4O4. The van der Waals surface area contributed by atoms with Gasteiger partial charge in [-0.15, -0.1) is 13.2 Å². The number of hydrogen-bond acceptors (Lipinski definition) is 4. The lowest BCUT2D eigenvalue weighted by Gasteiger charge is -2.28. The molecule has 8 nitrogen and oxygen atoms in total. The number of amides is 3. The highest BCUT2D eigenvalue weighted by molar-refractivity contribution is 6.09. The van der Waals surface area contributed by atoms with Crippen molar-refractivity contribution in [3.05, 3.63) is 59.3 Å². The molecule has 0 spiro atoms. The third-order valence-electron chi connectivity index (χ3n) is 6.23. The lowest BCUT2D eigenvalue weighted by atomic mass is 10.0. The topological polar surface area (TPSA) is 104 Å². The van der Waals surface area contributed by atoms with Gasteiger partial charge in [-0.25, -0.2) is 0 Å². The van der Waals surface area contributed by atoms with Gasteiger partial charge in [0.2, 0.25) is 11.8 Å². The molecule has 0 unspecified atom stereocenters. The number of carbonyl (C=O) groups is 3.